The number of carbonyl (C=O) groups is 3. The maximum atomic E-state index is 12.3. The van der Waals surface area contributed by atoms with Crippen molar-refractivity contribution in [2.45, 2.75) is 33.6 Å². The van der Waals surface area contributed by atoms with E-state index in [-0.39, 0.29) is 17.7 Å². The van der Waals surface area contributed by atoms with Crippen molar-refractivity contribution in [3.63, 3.8) is 0 Å². The third-order valence-corrected chi connectivity index (χ3v) is 4.85. The maximum absolute atomic E-state index is 12.3. The van der Waals surface area contributed by atoms with Gasteiger partial charge in [0.15, 0.2) is 5.13 Å². The molecule has 0 unspecified atom stereocenters. The Hall–Kier alpha value is -1.96. The van der Waals surface area contributed by atoms with Crippen LogP contribution in [-0.2, 0) is 14.3 Å². The van der Waals surface area contributed by atoms with Crippen LogP contribution in [-0.4, -0.2) is 47.4 Å². The topological polar surface area (TPSA) is 88.6 Å². The summed E-state index contributed by atoms with van der Waals surface area (Å²) in [5.74, 6) is -0.630. The molecule has 1 aliphatic rings. The van der Waals surface area contributed by atoms with Crippen LogP contribution in [0.4, 0.5) is 5.13 Å². The fourth-order valence-corrected chi connectivity index (χ4v) is 3.36. The molecule has 2 heterocycles. The minimum absolute atomic E-state index is 0.0403. The number of rotatable bonds is 4. The van der Waals surface area contributed by atoms with Crippen molar-refractivity contribution >= 4 is 34.3 Å². The summed E-state index contributed by atoms with van der Waals surface area (Å²) in [7, 11) is 0. The van der Waals surface area contributed by atoms with Crippen LogP contribution < -0.4 is 5.32 Å². The highest BCUT2D eigenvalue weighted by atomic mass is 32.1. The van der Waals surface area contributed by atoms with Crippen molar-refractivity contribution in [1.29, 1.82) is 0 Å². The minimum Gasteiger partial charge on any atom is -0.462 e. The smallest absolute Gasteiger partial charge is 0.350 e. The van der Waals surface area contributed by atoms with Crippen molar-refractivity contribution in [3.05, 3.63) is 10.6 Å². The zero-order chi connectivity index (χ0) is 17.0. The number of anilines is 1. The van der Waals surface area contributed by atoms with Crippen LogP contribution in [0.25, 0.3) is 0 Å². The fourth-order valence-electron chi connectivity index (χ4n) is 2.50. The summed E-state index contributed by atoms with van der Waals surface area (Å²) in [6.45, 7) is 6.48. The van der Waals surface area contributed by atoms with Crippen LogP contribution in [0.3, 0.4) is 0 Å². The molecule has 2 rings (SSSR count). The molecule has 0 aromatic carbocycles. The molecule has 2 amide bonds. The Labute approximate surface area is 139 Å². The first-order valence-corrected chi connectivity index (χ1v) is 8.45. The number of carbonyl (C=O) groups excluding carboxylic acids is 3. The van der Waals surface area contributed by atoms with Gasteiger partial charge in [-0.2, -0.15) is 0 Å². The zero-order valence-corrected chi connectivity index (χ0v) is 14.4. The quantitative estimate of drug-likeness (QED) is 0.845. The monoisotopic (exact) mass is 339 g/mol. The molecule has 0 atom stereocenters. The van der Waals surface area contributed by atoms with Crippen LogP contribution in [0.1, 0.15) is 42.1 Å². The molecular weight excluding hydrogens is 318 g/mol. The zero-order valence-electron chi connectivity index (χ0n) is 13.5. The lowest BCUT2D eigenvalue weighted by Crippen LogP contribution is -2.40. The van der Waals surface area contributed by atoms with Gasteiger partial charge in [-0.3, -0.25) is 9.59 Å². The van der Waals surface area contributed by atoms with E-state index in [0.29, 0.717) is 48.2 Å². The summed E-state index contributed by atoms with van der Waals surface area (Å²) in [6.07, 6.45) is 1.28. The van der Waals surface area contributed by atoms with Crippen LogP contribution in [0.2, 0.25) is 0 Å². The highest BCUT2D eigenvalue weighted by Crippen LogP contribution is 2.25. The predicted molar refractivity (Wildman–Crippen MR) is 86.4 cm³/mol. The van der Waals surface area contributed by atoms with E-state index in [1.807, 2.05) is 0 Å². The molecule has 1 fully saturated rings. The number of thiazole rings is 1. The van der Waals surface area contributed by atoms with E-state index in [4.69, 9.17) is 4.74 Å². The lowest BCUT2D eigenvalue weighted by molar-refractivity contribution is -0.132. The number of amides is 2. The summed E-state index contributed by atoms with van der Waals surface area (Å²) >= 11 is 1.12. The molecule has 1 saturated heterocycles. The van der Waals surface area contributed by atoms with Gasteiger partial charge < -0.3 is 15.0 Å². The SMILES string of the molecule is CCOC(=O)c1sc(NC(=O)C2CCN(C(C)=O)CC2)nc1C. The average molecular weight is 339 g/mol. The van der Waals surface area contributed by atoms with Crippen LogP contribution in [0, 0.1) is 12.8 Å². The van der Waals surface area contributed by atoms with Crippen molar-refractivity contribution in [3.8, 4) is 0 Å². The first-order valence-electron chi connectivity index (χ1n) is 7.63. The largest absolute Gasteiger partial charge is 0.462 e. The Morgan fingerprint density at radius 2 is 2.00 bits per heavy atom. The van der Waals surface area contributed by atoms with Crippen LogP contribution in [0.15, 0.2) is 0 Å². The van der Waals surface area contributed by atoms with E-state index in [1.54, 1.807) is 18.7 Å². The molecular formula is C15H21N3O4S. The number of piperidine rings is 1. The molecule has 7 nitrogen and oxygen atoms in total. The standard InChI is InChI=1S/C15H21N3O4S/c1-4-22-14(21)12-9(2)16-15(23-12)17-13(20)11-5-7-18(8-6-11)10(3)19/h11H,4-8H2,1-3H3,(H,16,17,20). The Bertz CT molecular complexity index is 606. The minimum atomic E-state index is -0.419. The van der Waals surface area contributed by atoms with Gasteiger partial charge >= 0.3 is 5.97 Å². The van der Waals surface area contributed by atoms with Crippen molar-refractivity contribution in [2.75, 3.05) is 25.0 Å². The normalized spacial score (nSPS) is 15.3. The molecule has 0 saturated carbocycles. The first-order chi connectivity index (χ1) is 10.9. The molecule has 0 spiro atoms. The molecule has 1 aliphatic heterocycles. The third kappa shape index (κ3) is 4.28. The average Bonchev–Trinajstić information content (AvgIpc) is 2.88. The van der Waals surface area contributed by atoms with E-state index in [1.165, 1.54) is 6.92 Å². The molecule has 0 bridgehead atoms. The van der Waals surface area contributed by atoms with E-state index in [9.17, 15) is 14.4 Å². The van der Waals surface area contributed by atoms with Crippen LogP contribution in [0.5, 0.6) is 0 Å². The number of nitrogens with zero attached hydrogens (tertiary/aromatic N) is 2. The maximum Gasteiger partial charge on any atom is 0.350 e. The van der Waals surface area contributed by atoms with Gasteiger partial charge in [0.25, 0.3) is 0 Å². The molecule has 0 radical (unpaired) electrons. The number of hydrogen-bond donors (Lipinski definition) is 1. The van der Waals surface area contributed by atoms with E-state index >= 15 is 0 Å². The number of esters is 1. The Morgan fingerprint density at radius 1 is 1.35 bits per heavy atom. The lowest BCUT2D eigenvalue weighted by Gasteiger charge is -2.30. The third-order valence-electron chi connectivity index (χ3n) is 3.80. The molecule has 126 valence electrons. The molecule has 23 heavy (non-hydrogen) atoms. The van der Waals surface area contributed by atoms with E-state index in [0.717, 1.165) is 11.3 Å². The van der Waals surface area contributed by atoms with Crippen molar-refractivity contribution < 1.29 is 19.1 Å². The lowest BCUT2D eigenvalue weighted by atomic mass is 9.96. The van der Waals surface area contributed by atoms with Gasteiger partial charge in [-0.25, -0.2) is 9.78 Å². The summed E-state index contributed by atoms with van der Waals surface area (Å²) in [4.78, 5) is 41.7. The second-order valence-corrected chi connectivity index (χ2v) is 6.42. The van der Waals surface area contributed by atoms with Gasteiger partial charge in [-0.1, -0.05) is 11.3 Å². The van der Waals surface area contributed by atoms with Gasteiger partial charge in [-0.15, -0.1) is 0 Å². The Kier molecular flexibility index (Phi) is 5.70. The summed E-state index contributed by atoms with van der Waals surface area (Å²) in [5.41, 5.74) is 0.551. The van der Waals surface area contributed by atoms with Gasteiger partial charge in [-0.05, 0) is 26.7 Å². The summed E-state index contributed by atoms with van der Waals surface area (Å²) in [5, 5.41) is 3.18. The van der Waals surface area contributed by atoms with Crippen molar-refractivity contribution in [2.24, 2.45) is 5.92 Å². The van der Waals surface area contributed by atoms with Gasteiger partial charge in [0, 0.05) is 25.9 Å². The highest BCUT2D eigenvalue weighted by molar-refractivity contribution is 7.17. The second-order valence-electron chi connectivity index (χ2n) is 5.42. The Balaban J connectivity index is 1.95. The molecule has 0 aliphatic carbocycles. The fraction of sp³-hybridized carbons (Fsp3) is 0.600. The van der Waals surface area contributed by atoms with E-state index in [2.05, 4.69) is 10.3 Å². The number of likely N-dealkylation sites (tertiary alicyclic amines) is 1. The first kappa shape index (κ1) is 17.4. The van der Waals surface area contributed by atoms with Gasteiger partial charge in [0.1, 0.15) is 4.88 Å². The van der Waals surface area contributed by atoms with Gasteiger partial charge in [0.2, 0.25) is 11.8 Å². The predicted octanol–water partition coefficient (Wildman–Crippen LogP) is 1.83. The number of ether oxygens (including phenoxy) is 1. The Morgan fingerprint density at radius 3 is 2.57 bits per heavy atom. The van der Waals surface area contributed by atoms with Crippen molar-refractivity contribution in [1.82, 2.24) is 9.88 Å². The molecule has 1 aromatic heterocycles. The molecule has 1 aromatic rings. The summed E-state index contributed by atoms with van der Waals surface area (Å²) in [6, 6.07) is 0. The number of aryl methyl sites for hydroxylation is 1. The van der Waals surface area contributed by atoms with E-state index < -0.39 is 5.97 Å². The van der Waals surface area contributed by atoms with Gasteiger partial charge in [0.05, 0.1) is 12.3 Å². The highest BCUT2D eigenvalue weighted by Gasteiger charge is 2.27. The second kappa shape index (κ2) is 7.54. The number of hydrogen-bond acceptors (Lipinski definition) is 6. The van der Waals surface area contributed by atoms with Crippen LogP contribution >= 0.6 is 11.3 Å². The molecule has 1 N–H and O–H groups in total. The number of nitrogens with one attached hydrogen (secondary N) is 1. The number of aromatic nitrogens is 1. The molecule has 8 heteroatoms. The summed E-state index contributed by atoms with van der Waals surface area (Å²) < 4.78 is 4.96.